The van der Waals surface area contributed by atoms with E-state index in [0.29, 0.717) is 25.7 Å². The molecule has 1 saturated carbocycles. The van der Waals surface area contributed by atoms with Gasteiger partial charge < -0.3 is 5.11 Å². The zero-order chi connectivity index (χ0) is 13.2. The zero-order valence-electron chi connectivity index (χ0n) is 10.0. The largest absolute Gasteiger partial charge is 0.481 e. The molecule has 0 saturated heterocycles. The first-order valence-corrected chi connectivity index (χ1v) is 6.19. The first kappa shape index (κ1) is 13.0. The van der Waals surface area contributed by atoms with Crippen molar-refractivity contribution in [3.8, 4) is 0 Å². The van der Waals surface area contributed by atoms with Crippen molar-refractivity contribution in [3.05, 3.63) is 35.4 Å². The van der Waals surface area contributed by atoms with Crippen LogP contribution in [0.25, 0.3) is 0 Å². The lowest BCUT2D eigenvalue weighted by Crippen LogP contribution is -2.16. The molecule has 0 aliphatic heterocycles. The van der Waals surface area contributed by atoms with Crippen molar-refractivity contribution in [1.82, 2.24) is 0 Å². The third kappa shape index (κ3) is 3.06. The summed E-state index contributed by atoms with van der Waals surface area (Å²) in [7, 11) is 0. The molecule has 0 bridgehead atoms. The second kappa shape index (κ2) is 5.04. The molecule has 1 fully saturated rings. The Morgan fingerprint density at radius 2 is 2.11 bits per heavy atom. The Balaban J connectivity index is 2.03. The van der Waals surface area contributed by atoms with Crippen molar-refractivity contribution in [1.29, 1.82) is 0 Å². The number of carbonyl (C=O) groups is 1. The molecule has 0 spiro atoms. The number of hydrogen-bond donors (Lipinski definition) is 1. The van der Waals surface area contributed by atoms with Crippen molar-refractivity contribution in [2.75, 3.05) is 0 Å². The van der Waals surface area contributed by atoms with Crippen molar-refractivity contribution in [3.63, 3.8) is 0 Å². The number of carboxylic acid groups (broad SMARTS) is 1. The number of carboxylic acids is 1. The van der Waals surface area contributed by atoms with Crippen LogP contribution in [0.2, 0.25) is 0 Å². The second-order valence-electron chi connectivity index (χ2n) is 4.84. The number of halogens is 2. The molecule has 4 heteroatoms. The van der Waals surface area contributed by atoms with Gasteiger partial charge in [0.1, 0.15) is 0 Å². The molecule has 1 aliphatic carbocycles. The summed E-state index contributed by atoms with van der Waals surface area (Å²) in [5.74, 6) is -4.09. The maximum Gasteiger partial charge on any atom is 0.303 e. The molecule has 0 aromatic heterocycles. The third-order valence-electron chi connectivity index (χ3n) is 3.26. The summed E-state index contributed by atoms with van der Waals surface area (Å²) in [4.78, 5) is 10.4. The standard InChI is InChI=1S/C14H16F2O2/c15-14(16,11-7-8-11)12-5-1-3-10(9-12)4-2-6-13(17)18/h1,3,5,9,11H,2,4,6-8H2,(H,17,18). The van der Waals surface area contributed by atoms with Crippen molar-refractivity contribution in [2.45, 2.75) is 38.0 Å². The molecule has 1 N–H and O–H groups in total. The highest BCUT2D eigenvalue weighted by Crippen LogP contribution is 2.49. The molecule has 0 unspecified atom stereocenters. The lowest BCUT2D eigenvalue weighted by atomic mass is 9.99. The number of hydrogen-bond acceptors (Lipinski definition) is 1. The molecule has 0 amide bonds. The number of aryl methyl sites for hydroxylation is 1. The van der Waals surface area contributed by atoms with E-state index in [1.54, 1.807) is 12.1 Å². The molecule has 1 aromatic carbocycles. The van der Waals surface area contributed by atoms with Crippen LogP contribution in [0.3, 0.4) is 0 Å². The van der Waals surface area contributed by atoms with Crippen LogP contribution in [0.15, 0.2) is 24.3 Å². The summed E-state index contributed by atoms with van der Waals surface area (Å²) in [5.41, 5.74) is 0.854. The van der Waals surface area contributed by atoms with Crippen LogP contribution in [-0.4, -0.2) is 11.1 Å². The summed E-state index contributed by atoms with van der Waals surface area (Å²) in [5, 5.41) is 8.54. The Morgan fingerprint density at radius 1 is 1.39 bits per heavy atom. The minimum Gasteiger partial charge on any atom is -0.481 e. The van der Waals surface area contributed by atoms with Gasteiger partial charge in [-0.1, -0.05) is 18.2 Å². The Hall–Kier alpha value is -1.45. The number of rotatable bonds is 6. The van der Waals surface area contributed by atoms with Crippen LogP contribution in [0.1, 0.15) is 36.8 Å². The van der Waals surface area contributed by atoms with Gasteiger partial charge in [-0.15, -0.1) is 0 Å². The van der Waals surface area contributed by atoms with Gasteiger partial charge in [-0.2, -0.15) is 0 Å². The van der Waals surface area contributed by atoms with Crippen LogP contribution < -0.4 is 0 Å². The van der Waals surface area contributed by atoms with Crippen molar-refractivity contribution < 1.29 is 18.7 Å². The second-order valence-corrected chi connectivity index (χ2v) is 4.84. The predicted octanol–water partition coefficient (Wildman–Crippen LogP) is 3.60. The smallest absolute Gasteiger partial charge is 0.303 e. The van der Waals surface area contributed by atoms with E-state index in [4.69, 9.17) is 5.11 Å². The summed E-state index contributed by atoms with van der Waals surface area (Å²) in [6.07, 6.45) is 2.27. The highest BCUT2D eigenvalue weighted by Gasteiger charge is 2.47. The van der Waals surface area contributed by atoms with Gasteiger partial charge in [0, 0.05) is 17.9 Å². The maximum absolute atomic E-state index is 13.9. The molecule has 18 heavy (non-hydrogen) atoms. The Bertz CT molecular complexity index is 439. The van der Waals surface area contributed by atoms with Gasteiger partial charge in [0.05, 0.1) is 0 Å². The van der Waals surface area contributed by atoms with Crippen LogP contribution in [0.5, 0.6) is 0 Å². The summed E-state index contributed by atoms with van der Waals surface area (Å²) in [6, 6.07) is 6.37. The Kier molecular flexibility index (Phi) is 3.64. The minimum atomic E-state index is -2.73. The quantitative estimate of drug-likeness (QED) is 0.842. The number of aliphatic carboxylic acids is 1. The van der Waals surface area contributed by atoms with Crippen molar-refractivity contribution in [2.24, 2.45) is 5.92 Å². The van der Waals surface area contributed by atoms with Gasteiger partial charge >= 0.3 is 5.97 Å². The summed E-state index contributed by atoms with van der Waals surface area (Å²) in [6.45, 7) is 0. The molecular formula is C14H16F2O2. The molecule has 2 rings (SSSR count). The number of benzene rings is 1. The van der Waals surface area contributed by atoms with E-state index in [1.807, 2.05) is 0 Å². The first-order chi connectivity index (χ1) is 8.50. The SMILES string of the molecule is O=C(O)CCCc1cccc(C(F)(F)C2CC2)c1. The zero-order valence-corrected chi connectivity index (χ0v) is 10.0. The predicted molar refractivity (Wildman–Crippen MR) is 63.6 cm³/mol. The first-order valence-electron chi connectivity index (χ1n) is 6.19. The maximum atomic E-state index is 13.9. The molecule has 98 valence electrons. The normalized spacial score (nSPS) is 15.7. The van der Waals surface area contributed by atoms with Gasteiger partial charge in [0.2, 0.25) is 0 Å². The van der Waals surface area contributed by atoms with Crippen LogP contribution in [0.4, 0.5) is 8.78 Å². The fourth-order valence-electron chi connectivity index (χ4n) is 2.06. The molecule has 0 radical (unpaired) electrons. The topological polar surface area (TPSA) is 37.3 Å². The Labute approximate surface area is 105 Å². The molecule has 1 aromatic rings. The van der Waals surface area contributed by atoms with Gasteiger partial charge in [-0.05, 0) is 37.3 Å². The lowest BCUT2D eigenvalue weighted by Gasteiger charge is -2.16. The fourth-order valence-corrected chi connectivity index (χ4v) is 2.06. The monoisotopic (exact) mass is 254 g/mol. The Morgan fingerprint density at radius 3 is 2.72 bits per heavy atom. The van der Waals surface area contributed by atoms with Gasteiger partial charge in [-0.25, -0.2) is 8.78 Å². The summed E-state index contributed by atoms with van der Waals surface area (Å²) < 4.78 is 27.8. The van der Waals surface area contributed by atoms with Crippen LogP contribution in [-0.2, 0) is 17.1 Å². The van der Waals surface area contributed by atoms with E-state index in [9.17, 15) is 13.6 Å². The van der Waals surface area contributed by atoms with Gasteiger partial charge in [0.25, 0.3) is 5.92 Å². The fraction of sp³-hybridized carbons (Fsp3) is 0.500. The van der Waals surface area contributed by atoms with Crippen molar-refractivity contribution >= 4 is 5.97 Å². The lowest BCUT2D eigenvalue weighted by molar-refractivity contribution is -0.137. The van der Waals surface area contributed by atoms with E-state index >= 15 is 0 Å². The van der Waals surface area contributed by atoms with E-state index in [-0.39, 0.29) is 12.0 Å². The van der Waals surface area contributed by atoms with Gasteiger partial charge in [-0.3, -0.25) is 4.79 Å². The molecule has 0 heterocycles. The summed E-state index contributed by atoms with van der Waals surface area (Å²) >= 11 is 0. The van der Waals surface area contributed by atoms with Gasteiger partial charge in [0.15, 0.2) is 0 Å². The number of alkyl halides is 2. The minimum absolute atomic E-state index is 0.0674. The third-order valence-corrected chi connectivity index (χ3v) is 3.26. The van der Waals surface area contributed by atoms with E-state index < -0.39 is 17.8 Å². The molecular weight excluding hydrogens is 238 g/mol. The molecule has 2 nitrogen and oxygen atoms in total. The molecule has 1 aliphatic rings. The van der Waals surface area contributed by atoms with Crippen LogP contribution in [0, 0.1) is 5.92 Å². The highest BCUT2D eigenvalue weighted by atomic mass is 19.3. The van der Waals surface area contributed by atoms with E-state index in [1.165, 1.54) is 12.1 Å². The van der Waals surface area contributed by atoms with E-state index in [2.05, 4.69) is 0 Å². The molecule has 0 atom stereocenters. The average Bonchev–Trinajstić information content (AvgIpc) is 3.13. The average molecular weight is 254 g/mol. The van der Waals surface area contributed by atoms with E-state index in [0.717, 1.165) is 5.56 Å². The highest BCUT2D eigenvalue weighted by molar-refractivity contribution is 5.66. The van der Waals surface area contributed by atoms with Crippen LogP contribution >= 0.6 is 0 Å².